The summed E-state index contributed by atoms with van der Waals surface area (Å²) in [5.41, 5.74) is 6.45. The van der Waals surface area contributed by atoms with Gasteiger partial charge in [0.05, 0.1) is 22.8 Å². The van der Waals surface area contributed by atoms with Gasteiger partial charge in [0.15, 0.2) is 0 Å². The fourth-order valence-electron chi connectivity index (χ4n) is 4.54. The van der Waals surface area contributed by atoms with Crippen LogP contribution < -0.4 is 5.43 Å². The fourth-order valence-corrected chi connectivity index (χ4v) is 4.54. The van der Waals surface area contributed by atoms with E-state index in [1.165, 1.54) is 12.1 Å². The molecule has 0 spiro atoms. The van der Waals surface area contributed by atoms with E-state index in [4.69, 9.17) is 4.98 Å². The molecule has 1 aromatic heterocycles. The van der Waals surface area contributed by atoms with Gasteiger partial charge in [0.2, 0.25) is 0 Å². The van der Waals surface area contributed by atoms with Crippen molar-refractivity contribution in [2.24, 2.45) is 5.10 Å². The van der Waals surface area contributed by atoms with E-state index in [1.54, 1.807) is 0 Å². The smallest absolute Gasteiger partial charge is 0.303 e. The average Bonchev–Trinajstić information content (AvgIpc) is 3.34. The maximum atomic E-state index is 13.5. The monoisotopic (exact) mass is 441 g/mol. The molecule has 1 heterocycles. The molecule has 3 nitrogen and oxygen atoms in total. The number of fused-ring (bicyclic) bond motifs is 1. The van der Waals surface area contributed by atoms with Gasteiger partial charge in [0.1, 0.15) is 0 Å². The number of hydrazone groups is 1. The van der Waals surface area contributed by atoms with Crippen molar-refractivity contribution >= 4 is 17.6 Å². The van der Waals surface area contributed by atoms with Crippen LogP contribution in [0, 0.1) is 0 Å². The molecule has 1 atom stereocenters. The molecule has 0 saturated heterocycles. The van der Waals surface area contributed by atoms with E-state index >= 15 is 0 Å². The zero-order valence-electron chi connectivity index (χ0n) is 18.8. The minimum atomic E-state index is -4.42. The molecule has 6 heteroatoms. The van der Waals surface area contributed by atoms with Crippen molar-refractivity contribution in [3.05, 3.63) is 65.4 Å². The summed E-state index contributed by atoms with van der Waals surface area (Å²) in [5, 5.41) is 4.35. The highest BCUT2D eigenvalue weighted by atomic mass is 19.4. The summed E-state index contributed by atoms with van der Waals surface area (Å²) in [5.74, 6) is 0.295. The van der Waals surface area contributed by atoms with Gasteiger partial charge in [-0.1, -0.05) is 57.0 Å². The number of benzene rings is 2. The number of halogens is 3. The number of hydrogen-bond acceptors (Lipinski definition) is 3. The van der Waals surface area contributed by atoms with Crippen LogP contribution in [0.2, 0.25) is 0 Å². The van der Waals surface area contributed by atoms with Gasteiger partial charge in [-0.3, -0.25) is 4.98 Å². The Morgan fingerprint density at radius 2 is 1.72 bits per heavy atom. The molecular weight excluding hydrogens is 411 g/mol. The maximum absolute atomic E-state index is 13.5. The lowest BCUT2D eigenvalue weighted by molar-refractivity contribution is -0.137. The standard InChI is InChI=1S/C24H24F3N3.C2H6/c1-15(30-28-2)21-22(16-8-4-3-5-9-16)19-14-18(24(25,26)27)12-13-20(19)29-23(21)17-10-6-7-11-17;1-2/h3-5,8-9,12-15,17,30H,2,6-7,10-11H2,1H3;1-2H3. The Morgan fingerprint density at radius 3 is 2.31 bits per heavy atom. The van der Waals surface area contributed by atoms with Crippen molar-refractivity contribution in [2.75, 3.05) is 0 Å². The number of rotatable bonds is 5. The highest BCUT2D eigenvalue weighted by Gasteiger charge is 2.32. The summed E-state index contributed by atoms with van der Waals surface area (Å²) in [6.07, 6.45) is -0.0692. The second kappa shape index (κ2) is 10.2. The van der Waals surface area contributed by atoms with Crippen molar-refractivity contribution in [1.29, 1.82) is 0 Å². The summed E-state index contributed by atoms with van der Waals surface area (Å²) in [7, 11) is 0. The number of alkyl halides is 3. The van der Waals surface area contributed by atoms with Crippen LogP contribution in [0.4, 0.5) is 13.2 Å². The average molecular weight is 442 g/mol. The van der Waals surface area contributed by atoms with Crippen LogP contribution in [0.5, 0.6) is 0 Å². The quantitative estimate of drug-likeness (QED) is 0.323. The Morgan fingerprint density at radius 1 is 1.06 bits per heavy atom. The molecule has 2 aromatic carbocycles. The molecule has 1 aliphatic carbocycles. The van der Waals surface area contributed by atoms with Crippen LogP contribution in [0.1, 0.15) is 75.2 Å². The zero-order chi connectivity index (χ0) is 23.3. The summed E-state index contributed by atoms with van der Waals surface area (Å²) in [6, 6.07) is 13.2. The Hall–Kier alpha value is -2.89. The number of nitrogens with one attached hydrogen (secondary N) is 1. The number of aromatic nitrogens is 1. The van der Waals surface area contributed by atoms with Gasteiger partial charge in [0, 0.05) is 23.6 Å². The van der Waals surface area contributed by atoms with Crippen LogP contribution in [0.15, 0.2) is 53.6 Å². The first kappa shape index (κ1) is 23.8. The molecule has 170 valence electrons. The first-order chi connectivity index (χ1) is 15.4. The van der Waals surface area contributed by atoms with Gasteiger partial charge >= 0.3 is 6.18 Å². The van der Waals surface area contributed by atoms with Gasteiger partial charge in [-0.15, -0.1) is 0 Å². The predicted molar refractivity (Wildman–Crippen MR) is 126 cm³/mol. The fraction of sp³-hybridized carbons (Fsp3) is 0.385. The summed E-state index contributed by atoms with van der Waals surface area (Å²) in [6.45, 7) is 9.49. The van der Waals surface area contributed by atoms with Crippen LogP contribution in [-0.2, 0) is 6.18 Å². The lowest BCUT2D eigenvalue weighted by Gasteiger charge is -2.25. The van der Waals surface area contributed by atoms with E-state index in [2.05, 4.69) is 17.2 Å². The van der Waals surface area contributed by atoms with Crippen molar-refractivity contribution in [2.45, 2.75) is 64.6 Å². The molecular formula is C26H30F3N3. The predicted octanol–water partition coefficient (Wildman–Crippen LogP) is 7.87. The highest BCUT2D eigenvalue weighted by molar-refractivity contribution is 5.97. The third-order valence-electron chi connectivity index (χ3n) is 5.90. The molecule has 0 radical (unpaired) electrons. The molecule has 1 saturated carbocycles. The second-order valence-electron chi connectivity index (χ2n) is 7.87. The van der Waals surface area contributed by atoms with E-state index in [-0.39, 0.29) is 6.04 Å². The largest absolute Gasteiger partial charge is 0.416 e. The number of hydrogen-bond donors (Lipinski definition) is 1. The lowest BCUT2D eigenvalue weighted by atomic mass is 9.86. The molecule has 0 bridgehead atoms. The first-order valence-electron chi connectivity index (χ1n) is 11.2. The van der Waals surface area contributed by atoms with Gasteiger partial charge < -0.3 is 5.43 Å². The molecule has 3 aromatic rings. The minimum Gasteiger partial charge on any atom is -0.303 e. The van der Waals surface area contributed by atoms with Crippen molar-refractivity contribution in [3.8, 4) is 11.1 Å². The van der Waals surface area contributed by atoms with Crippen molar-refractivity contribution in [1.82, 2.24) is 10.4 Å². The Kier molecular flexibility index (Phi) is 7.54. The van der Waals surface area contributed by atoms with Crippen LogP contribution in [-0.4, -0.2) is 11.7 Å². The molecule has 0 amide bonds. The van der Waals surface area contributed by atoms with Crippen LogP contribution in [0.25, 0.3) is 22.0 Å². The van der Waals surface area contributed by atoms with E-state index in [9.17, 15) is 13.2 Å². The van der Waals surface area contributed by atoms with Gasteiger partial charge in [0.25, 0.3) is 0 Å². The van der Waals surface area contributed by atoms with E-state index in [1.807, 2.05) is 51.1 Å². The number of pyridine rings is 1. The molecule has 1 aliphatic rings. The molecule has 0 aliphatic heterocycles. The topological polar surface area (TPSA) is 37.3 Å². The Bertz CT molecular complexity index is 1060. The first-order valence-corrected chi connectivity index (χ1v) is 11.2. The molecule has 1 fully saturated rings. The Labute approximate surface area is 187 Å². The zero-order valence-corrected chi connectivity index (χ0v) is 18.8. The molecule has 32 heavy (non-hydrogen) atoms. The SMILES string of the molecule is C=NNC(C)c1c(C2CCCC2)nc2ccc(C(F)(F)F)cc2c1-c1ccccc1.CC. The number of nitrogens with zero attached hydrogens (tertiary/aromatic N) is 2. The second-order valence-corrected chi connectivity index (χ2v) is 7.87. The molecule has 1 unspecified atom stereocenters. The summed E-state index contributed by atoms with van der Waals surface area (Å²) < 4.78 is 40.5. The third kappa shape index (κ3) is 4.79. The summed E-state index contributed by atoms with van der Waals surface area (Å²) in [4.78, 5) is 4.90. The third-order valence-corrected chi connectivity index (χ3v) is 5.90. The summed E-state index contributed by atoms with van der Waals surface area (Å²) >= 11 is 0. The van der Waals surface area contributed by atoms with Crippen molar-refractivity contribution < 1.29 is 13.2 Å². The van der Waals surface area contributed by atoms with E-state index in [0.717, 1.165) is 54.1 Å². The lowest BCUT2D eigenvalue weighted by Crippen LogP contribution is -2.17. The highest BCUT2D eigenvalue weighted by Crippen LogP contribution is 2.44. The Balaban J connectivity index is 0.00000141. The van der Waals surface area contributed by atoms with Crippen molar-refractivity contribution in [3.63, 3.8) is 0 Å². The maximum Gasteiger partial charge on any atom is 0.416 e. The molecule has 4 rings (SSSR count). The van der Waals surface area contributed by atoms with E-state index < -0.39 is 11.7 Å². The molecule has 1 N–H and O–H groups in total. The van der Waals surface area contributed by atoms with Gasteiger partial charge in [-0.05, 0) is 49.1 Å². The van der Waals surface area contributed by atoms with Gasteiger partial charge in [-0.25, -0.2) is 0 Å². The van der Waals surface area contributed by atoms with E-state index in [0.29, 0.717) is 16.8 Å². The van der Waals surface area contributed by atoms with Crippen LogP contribution in [0.3, 0.4) is 0 Å². The minimum absolute atomic E-state index is 0.236. The normalized spacial score (nSPS) is 15.2. The van der Waals surface area contributed by atoms with Crippen LogP contribution >= 0.6 is 0 Å². The van der Waals surface area contributed by atoms with Gasteiger partial charge in [-0.2, -0.15) is 18.3 Å².